The number of unbranched alkanes of at least 4 members (excludes halogenated alkanes) is 3. The van der Waals surface area contributed by atoms with Crippen molar-refractivity contribution in [2.75, 3.05) is 20.8 Å². The summed E-state index contributed by atoms with van der Waals surface area (Å²) in [6.07, 6.45) is 4.65. The number of benzene rings is 3. The second-order valence-corrected chi connectivity index (χ2v) is 7.41. The minimum absolute atomic E-state index is 0.687. The Balaban J connectivity index is 2.10. The van der Waals surface area contributed by atoms with Crippen LogP contribution < -0.4 is 9.47 Å². The molecule has 158 valence electrons. The van der Waals surface area contributed by atoms with E-state index in [1.165, 1.54) is 19.3 Å². The van der Waals surface area contributed by atoms with E-state index in [0.717, 1.165) is 34.6 Å². The Morgan fingerprint density at radius 1 is 0.600 bits per heavy atom. The Hall–Kier alpha value is -2.78. The van der Waals surface area contributed by atoms with E-state index < -0.39 is 5.60 Å². The van der Waals surface area contributed by atoms with Crippen LogP contribution in [0.3, 0.4) is 0 Å². The third-order valence-electron chi connectivity index (χ3n) is 5.49. The van der Waals surface area contributed by atoms with E-state index in [-0.39, 0.29) is 0 Å². The van der Waals surface area contributed by atoms with Gasteiger partial charge in [0, 0.05) is 6.61 Å². The van der Waals surface area contributed by atoms with Gasteiger partial charge in [0.05, 0.1) is 14.2 Å². The van der Waals surface area contributed by atoms with Crippen LogP contribution in [0, 0.1) is 0 Å². The van der Waals surface area contributed by atoms with E-state index in [2.05, 4.69) is 55.5 Å². The molecule has 0 fully saturated rings. The monoisotopic (exact) mass is 404 g/mol. The summed E-state index contributed by atoms with van der Waals surface area (Å²) in [7, 11) is 3.38. The van der Waals surface area contributed by atoms with Crippen LogP contribution in [0.25, 0.3) is 0 Å². The predicted octanol–water partition coefficient (Wildman–Crippen LogP) is 6.59. The molecule has 30 heavy (non-hydrogen) atoms. The van der Waals surface area contributed by atoms with E-state index >= 15 is 0 Å². The first-order valence-corrected chi connectivity index (χ1v) is 10.7. The number of hydrogen-bond donors (Lipinski definition) is 0. The first-order chi connectivity index (χ1) is 14.7. The minimum atomic E-state index is -0.702. The van der Waals surface area contributed by atoms with E-state index in [0.29, 0.717) is 6.61 Å². The fourth-order valence-electron chi connectivity index (χ4n) is 3.83. The SMILES string of the molecule is CCCCCCOC(c1ccccc1)(c1ccc(OC)cc1)c1ccc(OC)cc1. The molecule has 0 amide bonds. The largest absolute Gasteiger partial charge is 0.497 e. The lowest BCUT2D eigenvalue weighted by molar-refractivity contribution is 0.0106. The average Bonchev–Trinajstić information content (AvgIpc) is 2.82. The number of methoxy groups -OCH3 is 2. The zero-order valence-electron chi connectivity index (χ0n) is 18.3. The Morgan fingerprint density at radius 2 is 1.10 bits per heavy atom. The van der Waals surface area contributed by atoms with Crippen molar-refractivity contribution in [3.8, 4) is 11.5 Å². The molecule has 3 nitrogen and oxygen atoms in total. The van der Waals surface area contributed by atoms with Crippen molar-refractivity contribution in [3.05, 3.63) is 95.6 Å². The van der Waals surface area contributed by atoms with Gasteiger partial charge in [-0.3, -0.25) is 0 Å². The normalized spacial score (nSPS) is 11.3. The van der Waals surface area contributed by atoms with Gasteiger partial charge in [0.15, 0.2) is 0 Å². The molecule has 0 aromatic heterocycles. The lowest BCUT2D eigenvalue weighted by Gasteiger charge is -2.36. The van der Waals surface area contributed by atoms with E-state index in [1.54, 1.807) is 14.2 Å². The van der Waals surface area contributed by atoms with Crippen LogP contribution in [-0.4, -0.2) is 20.8 Å². The molecule has 0 aliphatic rings. The molecular weight excluding hydrogens is 372 g/mol. The van der Waals surface area contributed by atoms with Gasteiger partial charge in [-0.2, -0.15) is 0 Å². The highest BCUT2D eigenvalue weighted by Crippen LogP contribution is 2.41. The summed E-state index contributed by atoms with van der Waals surface area (Å²) in [5, 5.41) is 0. The Morgan fingerprint density at radius 3 is 1.57 bits per heavy atom. The first kappa shape index (κ1) is 21.9. The summed E-state index contributed by atoms with van der Waals surface area (Å²) < 4.78 is 17.6. The van der Waals surface area contributed by atoms with Gasteiger partial charge in [0.25, 0.3) is 0 Å². The Bertz CT molecular complexity index is 823. The van der Waals surface area contributed by atoms with Crippen molar-refractivity contribution < 1.29 is 14.2 Å². The van der Waals surface area contributed by atoms with Crippen LogP contribution in [0.5, 0.6) is 11.5 Å². The summed E-state index contributed by atoms with van der Waals surface area (Å²) in [6, 6.07) is 26.8. The lowest BCUT2D eigenvalue weighted by Crippen LogP contribution is -2.33. The molecule has 0 saturated carbocycles. The second-order valence-electron chi connectivity index (χ2n) is 7.41. The molecule has 3 aromatic carbocycles. The van der Waals surface area contributed by atoms with Crippen LogP contribution in [0.2, 0.25) is 0 Å². The molecule has 3 rings (SSSR count). The molecule has 0 N–H and O–H groups in total. The quantitative estimate of drug-likeness (QED) is 0.266. The third kappa shape index (κ3) is 4.85. The van der Waals surface area contributed by atoms with Gasteiger partial charge in [0.2, 0.25) is 0 Å². The number of hydrogen-bond acceptors (Lipinski definition) is 3. The maximum Gasteiger partial charge on any atom is 0.143 e. The van der Waals surface area contributed by atoms with Gasteiger partial charge in [-0.1, -0.05) is 80.8 Å². The van der Waals surface area contributed by atoms with Crippen LogP contribution in [0.1, 0.15) is 49.3 Å². The summed E-state index contributed by atoms with van der Waals surface area (Å²) in [5.74, 6) is 1.66. The van der Waals surface area contributed by atoms with Gasteiger partial charge in [-0.25, -0.2) is 0 Å². The van der Waals surface area contributed by atoms with Gasteiger partial charge in [-0.05, 0) is 47.4 Å². The topological polar surface area (TPSA) is 27.7 Å². The average molecular weight is 405 g/mol. The van der Waals surface area contributed by atoms with Crippen LogP contribution in [0.4, 0.5) is 0 Å². The van der Waals surface area contributed by atoms with Gasteiger partial charge < -0.3 is 14.2 Å². The first-order valence-electron chi connectivity index (χ1n) is 10.7. The summed E-state index contributed by atoms with van der Waals surface area (Å²) in [6.45, 7) is 2.91. The zero-order valence-corrected chi connectivity index (χ0v) is 18.3. The van der Waals surface area contributed by atoms with Gasteiger partial charge >= 0.3 is 0 Å². The zero-order chi connectivity index (χ0) is 21.2. The molecule has 0 aliphatic heterocycles. The van der Waals surface area contributed by atoms with Crippen molar-refractivity contribution in [3.63, 3.8) is 0 Å². The summed E-state index contributed by atoms with van der Waals surface area (Å²) in [5.41, 5.74) is 2.56. The van der Waals surface area contributed by atoms with Crippen molar-refractivity contribution in [1.82, 2.24) is 0 Å². The molecule has 0 bridgehead atoms. The van der Waals surface area contributed by atoms with Crippen molar-refractivity contribution in [1.29, 1.82) is 0 Å². The molecule has 0 aliphatic carbocycles. The maximum absolute atomic E-state index is 6.80. The number of ether oxygens (including phenoxy) is 3. The van der Waals surface area contributed by atoms with Gasteiger partial charge in [0.1, 0.15) is 17.1 Å². The fraction of sp³-hybridized carbons (Fsp3) is 0.333. The van der Waals surface area contributed by atoms with E-state index in [9.17, 15) is 0 Å². The summed E-state index contributed by atoms with van der Waals surface area (Å²) in [4.78, 5) is 0. The van der Waals surface area contributed by atoms with Gasteiger partial charge in [-0.15, -0.1) is 0 Å². The smallest absolute Gasteiger partial charge is 0.143 e. The van der Waals surface area contributed by atoms with Crippen LogP contribution in [0.15, 0.2) is 78.9 Å². The highest BCUT2D eigenvalue weighted by atomic mass is 16.5. The molecule has 3 heteroatoms. The molecule has 0 atom stereocenters. The molecule has 0 unspecified atom stereocenters. The maximum atomic E-state index is 6.80. The highest BCUT2D eigenvalue weighted by molar-refractivity contribution is 5.49. The van der Waals surface area contributed by atoms with Crippen molar-refractivity contribution in [2.45, 2.75) is 38.2 Å². The van der Waals surface area contributed by atoms with E-state index in [1.807, 2.05) is 30.3 Å². The van der Waals surface area contributed by atoms with Crippen molar-refractivity contribution in [2.24, 2.45) is 0 Å². The Labute approximate surface area is 180 Å². The summed E-state index contributed by atoms with van der Waals surface area (Å²) >= 11 is 0. The number of rotatable bonds is 11. The second kappa shape index (κ2) is 10.8. The van der Waals surface area contributed by atoms with Crippen LogP contribution in [-0.2, 0) is 10.3 Å². The fourth-order valence-corrected chi connectivity index (χ4v) is 3.83. The lowest BCUT2D eigenvalue weighted by atomic mass is 9.80. The minimum Gasteiger partial charge on any atom is -0.497 e. The van der Waals surface area contributed by atoms with Crippen LogP contribution >= 0.6 is 0 Å². The molecule has 0 radical (unpaired) electrons. The molecule has 3 aromatic rings. The van der Waals surface area contributed by atoms with E-state index in [4.69, 9.17) is 14.2 Å². The van der Waals surface area contributed by atoms with Crippen molar-refractivity contribution >= 4 is 0 Å². The molecule has 0 spiro atoms. The molecule has 0 heterocycles. The predicted molar refractivity (Wildman–Crippen MR) is 122 cm³/mol. The molecule has 0 saturated heterocycles. The third-order valence-corrected chi connectivity index (χ3v) is 5.49. The standard InChI is InChI=1S/C27H32O3/c1-4-5-6-10-21-30-27(22-11-8-7-9-12-22,23-13-17-25(28-2)18-14-23)24-15-19-26(29-3)20-16-24/h7-9,11-20H,4-6,10,21H2,1-3H3. The Kier molecular flexibility index (Phi) is 7.92. The highest BCUT2D eigenvalue weighted by Gasteiger charge is 2.37. The molecular formula is C27H32O3.